The third-order valence-electron chi connectivity index (χ3n) is 5.50. The molecule has 0 fully saturated rings. The molecule has 34 heavy (non-hydrogen) atoms. The Kier molecular flexibility index (Phi) is 7.57. The van der Waals surface area contributed by atoms with Crippen molar-refractivity contribution in [3.8, 4) is 0 Å². The van der Waals surface area contributed by atoms with Crippen molar-refractivity contribution < 1.29 is 9.53 Å². The lowest BCUT2D eigenvalue weighted by molar-refractivity contribution is 0.0520. The van der Waals surface area contributed by atoms with Gasteiger partial charge in [0, 0.05) is 31.0 Å². The molecule has 0 spiro atoms. The Labute approximate surface area is 203 Å². The first-order chi connectivity index (χ1) is 15.9. The first-order valence-corrected chi connectivity index (χ1v) is 10.7. The molecule has 0 amide bonds. The number of nitrogens with one attached hydrogen (secondary N) is 2. The molecule has 0 saturated heterocycles. The molecule has 0 unspecified atom stereocenters. The van der Waals surface area contributed by atoms with E-state index in [1.165, 1.54) is 0 Å². The van der Waals surface area contributed by atoms with Gasteiger partial charge in [-0.1, -0.05) is 6.07 Å². The fraction of sp³-hybridized carbons (Fsp3) is 0.250. The summed E-state index contributed by atoms with van der Waals surface area (Å²) in [5.74, 6) is 1.30. The number of nitrogens with zero attached hydrogens (tertiary/aromatic N) is 4. The summed E-state index contributed by atoms with van der Waals surface area (Å²) in [5, 5.41) is 10.9. The van der Waals surface area contributed by atoms with E-state index in [-0.39, 0.29) is 18.2 Å². The van der Waals surface area contributed by atoms with Gasteiger partial charge < -0.3 is 24.9 Å². The SMILES string of the molecule is CCOC(=O)c1cn(Cc2ccc3c(c2)nc(CNc2ccc(C(=N)N)cc2)n3C)c(C)n1.Cl. The Morgan fingerprint density at radius 2 is 1.91 bits per heavy atom. The Balaban J connectivity index is 0.00000324. The summed E-state index contributed by atoms with van der Waals surface area (Å²) in [6, 6.07) is 13.6. The summed E-state index contributed by atoms with van der Waals surface area (Å²) >= 11 is 0. The molecular weight excluding hydrogens is 454 g/mol. The number of aromatic nitrogens is 4. The molecule has 0 aliphatic heterocycles. The first-order valence-electron chi connectivity index (χ1n) is 10.7. The van der Waals surface area contributed by atoms with E-state index in [9.17, 15) is 4.79 Å². The molecule has 2 aromatic heterocycles. The molecule has 2 heterocycles. The van der Waals surface area contributed by atoms with Crippen LogP contribution >= 0.6 is 12.4 Å². The van der Waals surface area contributed by atoms with Gasteiger partial charge in [-0.15, -0.1) is 12.4 Å². The van der Waals surface area contributed by atoms with Crippen LogP contribution in [0.15, 0.2) is 48.7 Å². The minimum absolute atomic E-state index is 0. The zero-order chi connectivity index (χ0) is 23.5. The van der Waals surface area contributed by atoms with Crippen LogP contribution in [0, 0.1) is 12.3 Å². The van der Waals surface area contributed by atoms with Crippen molar-refractivity contribution in [1.82, 2.24) is 19.1 Å². The molecule has 0 bridgehead atoms. The quantitative estimate of drug-likeness (QED) is 0.200. The van der Waals surface area contributed by atoms with Gasteiger partial charge in [-0.3, -0.25) is 5.41 Å². The molecule has 178 valence electrons. The molecule has 0 aliphatic carbocycles. The highest BCUT2D eigenvalue weighted by molar-refractivity contribution is 5.95. The average molecular weight is 482 g/mol. The number of esters is 1. The van der Waals surface area contributed by atoms with Gasteiger partial charge in [0.2, 0.25) is 0 Å². The van der Waals surface area contributed by atoms with Gasteiger partial charge in [-0.05, 0) is 55.8 Å². The molecule has 10 heteroatoms. The van der Waals surface area contributed by atoms with Gasteiger partial charge in [0.05, 0.1) is 24.2 Å². The average Bonchev–Trinajstić information content (AvgIpc) is 3.32. The fourth-order valence-electron chi connectivity index (χ4n) is 3.67. The van der Waals surface area contributed by atoms with E-state index >= 15 is 0 Å². The van der Waals surface area contributed by atoms with Crippen molar-refractivity contribution in [2.45, 2.75) is 26.9 Å². The molecule has 0 aliphatic rings. The van der Waals surface area contributed by atoms with Crippen molar-refractivity contribution in [2.75, 3.05) is 11.9 Å². The third-order valence-corrected chi connectivity index (χ3v) is 5.50. The molecule has 2 aromatic carbocycles. The lowest BCUT2D eigenvalue weighted by Gasteiger charge is -2.07. The third kappa shape index (κ3) is 5.20. The van der Waals surface area contributed by atoms with Gasteiger partial charge in [0.15, 0.2) is 5.69 Å². The number of fused-ring (bicyclic) bond motifs is 1. The number of aryl methyl sites for hydroxylation is 2. The lowest BCUT2D eigenvalue weighted by atomic mass is 10.2. The molecule has 0 atom stereocenters. The first kappa shape index (κ1) is 24.8. The summed E-state index contributed by atoms with van der Waals surface area (Å²) in [5.41, 5.74) is 10.5. The second-order valence-electron chi connectivity index (χ2n) is 7.78. The number of nitrogen functional groups attached to an aromatic ring is 1. The van der Waals surface area contributed by atoms with Crippen LogP contribution in [0.2, 0.25) is 0 Å². The number of anilines is 1. The maximum absolute atomic E-state index is 12.0. The second-order valence-corrected chi connectivity index (χ2v) is 7.78. The molecule has 4 N–H and O–H groups in total. The van der Waals surface area contributed by atoms with Crippen LogP contribution < -0.4 is 11.1 Å². The van der Waals surface area contributed by atoms with E-state index in [1.807, 2.05) is 42.8 Å². The normalized spacial score (nSPS) is 10.7. The number of hydrogen-bond donors (Lipinski definition) is 3. The topological polar surface area (TPSA) is 124 Å². The number of nitrogens with two attached hydrogens (primary N) is 1. The summed E-state index contributed by atoms with van der Waals surface area (Å²) in [7, 11) is 2.00. The predicted octanol–water partition coefficient (Wildman–Crippen LogP) is 3.62. The highest BCUT2D eigenvalue weighted by atomic mass is 35.5. The summed E-state index contributed by atoms with van der Waals surface area (Å²) in [4.78, 5) is 21.1. The van der Waals surface area contributed by atoms with Crippen LogP contribution in [0.3, 0.4) is 0 Å². The number of halogens is 1. The van der Waals surface area contributed by atoms with E-state index < -0.39 is 5.97 Å². The Hall–Kier alpha value is -3.85. The van der Waals surface area contributed by atoms with Crippen LogP contribution in [0.4, 0.5) is 5.69 Å². The predicted molar refractivity (Wildman–Crippen MR) is 135 cm³/mol. The van der Waals surface area contributed by atoms with E-state index in [4.69, 9.17) is 20.9 Å². The largest absolute Gasteiger partial charge is 0.461 e. The van der Waals surface area contributed by atoms with Gasteiger partial charge in [0.1, 0.15) is 17.5 Å². The maximum Gasteiger partial charge on any atom is 0.358 e. The number of amidine groups is 1. The minimum atomic E-state index is -0.410. The van der Waals surface area contributed by atoms with Gasteiger partial charge >= 0.3 is 5.97 Å². The van der Waals surface area contributed by atoms with Crippen LogP contribution in [-0.2, 0) is 24.9 Å². The monoisotopic (exact) mass is 481 g/mol. The maximum atomic E-state index is 12.0. The summed E-state index contributed by atoms with van der Waals surface area (Å²) in [6.07, 6.45) is 1.72. The van der Waals surface area contributed by atoms with Crippen molar-refractivity contribution >= 4 is 40.9 Å². The number of carbonyl (C=O) groups excluding carboxylic acids is 1. The number of imidazole rings is 2. The zero-order valence-corrected chi connectivity index (χ0v) is 20.1. The van der Waals surface area contributed by atoms with Gasteiger partial charge in [-0.2, -0.15) is 0 Å². The minimum Gasteiger partial charge on any atom is -0.461 e. The van der Waals surface area contributed by atoms with Gasteiger partial charge in [-0.25, -0.2) is 14.8 Å². The second kappa shape index (κ2) is 10.4. The highest BCUT2D eigenvalue weighted by Gasteiger charge is 2.14. The molecule has 0 saturated carbocycles. The highest BCUT2D eigenvalue weighted by Crippen LogP contribution is 2.19. The summed E-state index contributed by atoms with van der Waals surface area (Å²) < 4.78 is 9.04. The van der Waals surface area contributed by atoms with Crippen LogP contribution in [0.25, 0.3) is 11.0 Å². The van der Waals surface area contributed by atoms with E-state index in [0.29, 0.717) is 31.0 Å². The molecule has 4 aromatic rings. The van der Waals surface area contributed by atoms with Crippen molar-refractivity contribution in [2.24, 2.45) is 12.8 Å². The summed E-state index contributed by atoms with van der Waals surface area (Å²) in [6.45, 7) is 5.11. The molecule has 0 radical (unpaired) electrons. The van der Waals surface area contributed by atoms with Crippen molar-refractivity contribution in [1.29, 1.82) is 5.41 Å². The number of ether oxygens (including phenoxy) is 1. The van der Waals surface area contributed by atoms with Crippen LogP contribution in [-0.4, -0.2) is 37.5 Å². The van der Waals surface area contributed by atoms with Crippen molar-refractivity contribution in [3.05, 3.63) is 77.1 Å². The lowest BCUT2D eigenvalue weighted by Crippen LogP contribution is -2.11. The Morgan fingerprint density at radius 3 is 2.59 bits per heavy atom. The van der Waals surface area contributed by atoms with Crippen molar-refractivity contribution in [3.63, 3.8) is 0 Å². The Bertz CT molecular complexity index is 1330. The van der Waals surface area contributed by atoms with Crippen LogP contribution in [0.1, 0.15) is 40.2 Å². The van der Waals surface area contributed by atoms with E-state index in [2.05, 4.69) is 33.1 Å². The van der Waals surface area contributed by atoms with E-state index in [0.717, 1.165) is 33.9 Å². The van der Waals surface area contributed by atoms with Gasteiger partial charge in [0.25, 0.3) is 0 Å². The van der Waals surface area contributed by atoms with E-state index in [1.54, 1.807) is 13.1 Å². The zero-order valence-electron chi connectivity index (χ0n) is 19.3. The number of benzene rings is 2. The number of rotatable bonds is 8. The number of carbonyl (C=O) groups is 1. The number of hydrogen-bond acceptors (Lipinski definition) is 6. The smallest absolute Gasteiger partial charge is 0.358 e. The molecular formula is C24H28ClN7O2. The fourth-order valence-corrected chi connectivity index (χ4v) is 3.67. The Morgan fingerprint density at radius 1 is 1.18 bits per heavy atom. The standard InChI is InChI=1S/C24H27N7O2.ClH/c1-4-33-24(32)20-14-31(15(2)28-20)13-16-5-10-21-19(11-16)29-22(30(21)3)12-27-18-8-6-17(7-9-18)23(25)26;/h5-11,14,27H,4,12-13H2,1-3H3,(H3,25,26);1H. The molecule has 9 nitrogen and oxygen atoms in total. The van der Waals surface area contributed by atoms with Crippen LogP contribution in [0.5, 0.6) is 0 Å². The molecule has 4 rings (SSSR count).